The minimum atomic E-state index is 0.270. The summed E-state index contributed by atoms with van der Waals surface area (Å²) in [6, 6.07) is 10.5. The van der Waals surface area contributed by atoms with E-state index in [1.54, 1.807) is 11.3 Å². The Labute approximate surface area is 110 Å². The minimum absolute atomic E-state index is 0.270. The number of hydrogen-bond donors (Lipinski definition) is 1. The molecule has 1 aliphatic rings. The first-order chi connectivity index (χ1) is 8.28. The van der Waals surface area contributed by atoms with Gasteiger partial charge in [0.2, 0.25) is 0 Å². The van der Waals surface area contributed by atoms with E-state index in [0.29, 0.717) is 0 Å². The number of rotatable bonds is 3. The van der Waals surface area contributed by atoms with Gasteiger partial charge in [0.1, 0.15) is 0 Å². The van der Waals surface area contributed by atoms with Crippen LogP contribution >= 0.6 is 22.9 Å². The third-order valence-corrected chi connectivity index (χ3v) is 4.49. The zero-order valence-corrected chi connectivity index (χ0v) is 11.0. The summed E-state index contributed by atoms with van der Waals surface area (Å²) >= 11 is 7.72. The number of nitrogens with one attached hydrogen (secondary N) is 1. The summed E-state index contributed by atoms with van der Waals surface area (Å²) in [6.45, 7) is 2.12. The maximum atomic E-state index is 5.95. The summed E-state index contributed by atoms with van der Waals surface area (Å²) < 4.78 is 0. The van der Waals surface area contributed by atoms with Gasteiger partial charge in [0.25, 0.3) is 0 Å². The molecule has 0 spiro atoms. The van der Waals surface area contributed by atoms with Gasteiger partial charge < -0.3 is 5.32 Å². The fraction of sp³-hybridized carbons (Fsp3) is 0.286. The van der Waals surface area contributed by atoms with Gasteiger partial charge in [0, 0.05) is 23.5 Å². The molecule has 0 bridgehead atoms. The summed E-state index contributed by atoms with van der Waals surface area (Å²) in [5.74, 6) is 0. The molecular formula is C14H14ClNS. The predicted molar refractivity (Wildman–Crippen MR) is 74.0 cm³/mol. The van der Waals surface area contributed by atoms with E-state index in [-0.39, 0.29) is 5.41 Å². The number of halogens is 1. The monoisotopic (exact) mass is 263 g/mol. The first-order valence-corrected chi connectivity index (χ1v) is 7.08. The van der Waals surface area contributed by atoms with E-state index in [0.717, 1.165) is 24.5 Å². The molecule has 0 saturated carbocycles. The summed E-state index contributed by atoms with van der Waals surface area (Å²) in [5.41, 5.74) is 3.10. The van der Waals surface area contributed by atoms with E-state index in [4.69, 9.17) is 11.6 Å². The van der Waals surface area contributed by atoms with Crippen LogP contribution in [-0.4, -0.2) is 13.1 Å². The normalized spacial score (nSPS) is 17.7. The van der Waals surface area contributed by atoms with Crippen LogP contribution in [0, 0.1) is 0 Å². The van der Waals surface area contributed by atoms with E-state index in [2.05, 4.69) is 34.3 Å². The molecule has 88 valence electrons. The topological polar surface area (TPSA) is 12.0 Å². The van der Waals surface area contributed by atoms with Crippen LogP contribution in [0.5, 0.6) is 0 Å². The summed E-state index contributed by atoms with van der Waals surface area (Å²) in [7, 11) is 0. The van der Waals surface area contributed by atoms with Crippen LogP contribution in [0.4, 0.5) is 0 Å². The van der Waals surface area contributed by atoms with E-state index >= 15 is 0 Å². The van der Waals surface area contributed by atoms with Gasteiger partial charge in [0.15, 0.2) is 0 Å². The lowest BCUT2D eigenvalue weighted by Crippen LogP contribution is -2.58. The second kappa shape index (κ2) is 4.45. The van der Waals surface area contributed by atoms with E-state index in [1.807, 2.05) is 12.1 Å². The zero-order chi connectivity index (χ0) is 11.7. The van der Waals surface area contributed by atoms with Crippen molar-refractivity contribution in [3.05, 3.63) is 57.2 Å². The first-order valence-electron chi connectivity index (χ1n) is 5.76. The van der Waals surface area contributed by atoms with Crippen molar-refractivity contribution >= 4 is 22.9 Å². The Morgan fingerprint density at radius 2 is 1.94 bits per heavy atom. The molecule has 0 aliphatic carbocycles. The SMILES string of the molecule is Clc1ccc(C2(Cc3ccsc3)CNC2)cc1. The largest absolute Gasteiger partial charge is 0.315 e. The Kier molecular flexibility index (Phi) is 2.95. The summed E-state index contributed by atoms with van der Waals surface area (Å²) in [4.78, 5) is 0. The third kappa shape index (κ3) is 2.13. The van der Waals surface area contributed by atoms with Crippen LogP contribution in [0.2, 0.25) is 5.02 Å². The average molecular weight is 264 g/mol. The lowest BCUT2D eigenvalue weighted by molar-refractivity contribution is 0.275. The Morgan fingerprint density at radius 3 is 2.47 bits per heavy atom. The Bertz CT molecular complexity index is 485. The molecule has 0 atom stereocenters. The van der Waals surface area contributed by atoms with Gasteiger partial charge in [-0.2, -0.15) is 11.3 Å². The molecule has 2 heterocycles. The Hall–Kier alpha value is -0.830. The van der Waals surface area contributed by atoms with Gasteiger partial charge in [-0.25, -0.2) is 0 Å². The lowest BCUT2D eigenvalue weighted by atomic mass is 9.71. The van der Waals surface area contributed by atoms with Gasteiger partial charge >= 0.3 is 0 Å². The molecule has 1 aromatic heterocycles. The van der Waals surface area contributed by atoms with E-state index in [9.17, 15) is 0 Å². The maximum Gasteiger partial charge on any atom is 0.0406 e. The molecule has 3 rings (SSSR count). The molecule has 1 aromatic carbocycles. The average Bonchev–Trinajstić information content (AvgIpc) is 2.77. The van der Waals surface area contributed by atoms with Crippen molar-refractivity contribution in [2.75, 3.05) is 13.1 Å². The number of benzene rings is 1. The van der Waals surface area contributed by atoms with Gasteiger partial charge in [-0.05, 0) is 46.5 Å². The molecule has 1 N–H and O–H groups in total. The second-order valence-electron chi connectivity index (χ2n) is 4.70. The molecule has 3 heteroatoms. The highest BCUT2D eigenvalue weighted by Gasteiger charge is 2.38. The highest BCUT2D eigenvalue weighted by molar-refractivity contribution is 7.07. The summed E-state index contributed by atoms with van der Waals surface area (Å²) in [6.07, 6.45) is 1.12. The van der Waals surface area contributed by atoms with Crippen molar-refractivity contribution in [2.24, 2.45) is 0 Å². The standard InChI is InChI=1S/C14H14ClNS/c15-13-3-1-12(2-4-13)14(9-16-10-14)7-11-5-6-17-8-11/h1-6,8,16H,7,9-10H2. The molecule has 17 heavy (non-hydrogen) atoms. The van der Waals surface area contributed by atoms with Crippen LogP contribution in [-0.2, 0) is 11.8 Å². The fourth-order valence-corrected chi connectivity index (χ4v) is 3.24. The molecule has 1 nitrogen and oxygen atoms in total. The van der Waals surface area contributed by atoms with Crippen molar-refractivity contribution in [1.29, 1.82) is 0 Å². The molecule has 1 aliphatic heterocycles. The fourth-order valence-electron chi connectivity index (χ4n) is 2.45. The van der Waals surface area contributed by atoms with Crippen molar-refractivity contribution in [3.63, 3.8) is 0 Å². The highest BCUT2D eigenvalue weighted by atomic mass is 35.5. The first kappa shape index (κ1) is 11.3. The van der Waals surface area contributed by atoms with Crippen molar-refractivity contribution < 1.29 is 0 Å². The molecule has 2 aromatic rings. The number of hydrogen-bond acceptors (Lipinski definition) is 2. The molecule has 1 fully saturated rings. The van der Waals surface area contributed by atoms with Crippen LogP contribution in [0.3, 0.4) is 0 Å². The van der Waals surface area contributed by atoms with Crippen LogP contribution in [0.15, 0.2) is 41.1 Å². The van der Waals surface area contributed by atoms with Crippen LogP contribution in [0.25, 0.3) is 0 Å². The van der Waals surface area contributed by atoms with Gasteiger partial charge in [-0.1, -0.05) is 23.7 Å². The minimum Gasteiger partial charge on any atom is -0.315 e. The predicted octanol–water partition coefficient (Wildman–Crippen LogP) is 3.49. The highest BCUT2D eigenvalue weighted by Crippen LogP contribution is 2.33. The van der Waals surface area contributed by atoms with Crippen LogP contribution in [0.1, 0.15) is 11.1 Å². The molecular weight excluding hydrogens is 250 g/mol. The van der Waals surface area contributed by atoms with Gasteiger partial charge in [-0.15, -0.1) is 0 Å². The quantitative estimate of drug-likeness (QED) is 0.894. The Balaban J connectivity index is 1.89. The smallest absolute Gasteiger partial charge is 0.0406 e. The van der Waals surface area contributed by atoms with Gasteiger partial charge in [-0.3, -0.25) is 0 Å². The van der Waals surface area contributed by atoms with Crippen molar-refractivity contribution in [2.45, 2.75) is 11.8 Å². The lowest BCUT2D eigenvalue weighted by Gasteiger charge is -2.43. The second-order valence-corrected chi connectivity index (χ2v) is 5.92. The molecule has 0 radical (unpaired) electrons. The summed E-state index contributed by atoms with van der Waals surface area (Å²) in [5, 5.41) is 8.61. The maximum absolute atomic E-state index is 5.95. The third-order valence-electron chi connectivity index (χ3n) is 3.51. The van der Waals surface area contributed by atoms with E-state index < -0.39 is 0 Å². The van der Waals surface area contributed by atoms with Crippen molar-refractivity contribution in [3.8, 4) is 0 Å². The molecule has 0 amide bonds. The Morgan fingerprint density at radius 1 is 1.18 bits per heavy atom. The van der Waals surface area contributed by atoms with Crippen LogP contribution < -0.4 is 5.32 Å². The van der Waals surface area contributed by atoms with Crippen molar-refractivity contribution in [1.82, 2.24) is 5.32 Å². The van der Waals surface area contributed by atoms with E-state index in [1.165, 1.54) is 11.1 Å². The molecule has 0 unspecified atom stereocenters. The van der Waals surface area contributed by atoms with Gasteiger partial charge in [0.05, 0.1) is 0 Å². The zero-order valence-electron chi connectivity index (χ0n) is 9.45. The number of thiophene rings is 1. The molecule has 1 saturated heterocycles.